The normalized spacial score (nSPS) is 9.55. The summed E-state index contributed by atoms with van der Waals surface area (Å²) < 4.78 is 0. The molecule has 98 valence electrons. The molecule has 1 amide bonds. The molecule has 0 fully saturated rings. The van der Waals surface area contributed by atoms with Gasteiger partial charge in [0.15, 0.2) is 0 Å². The number of carbonyl (C=O) groups is 2. The third-order valence-corrected chi connectivity index (χ3v) is 2.80. The highest BCUT2D eigenvalue weighted by Gasteiger charge is 2.05. The van der Waals surface area contributed by atoms with Crippen LogP contribution in [0.25, 0.3) is 0 Å². The largest absolute Gasteiger partial charge is 0.322 e. The fraction of sp³-hybridized carbons (Fsp3) is 0.0625. The van der Waals surface area contributed by atoms with E-state index in [1.54, 1.807) is 48.5 Å². The Bertz CT molecular complexity index is 652. The molecule has 2 rings (SSSR count). The molecule has 2 aromatic carbocycles. The van der Waals surface area contributed by atoms with Crippen molar-refractivity contribution in [1.29, 1.82) is 5.26 Å². The van der Waals surface area contributed by atoms with E-state index in [2.05, 4.69) is 11.4 Å². The van der Waals surface area contributed by atoms with Crippen LogP contribution in [0, 0.1) is 11.3 Å². The Morgan fingerprint density at radius 2 is 1.75 bits per heavy atom. The molecule has 1 N–H and O–H groups in total. The Morgan fingerprint density at radius 3 is 2.30 bits per heavy atom. The smallest absolute Gasteiger partial charge is 0.255 e. The van der Waals surface area contributed by atoms with Gasteiger partial charge in [0.05, 0.1) is 12.5 Å². The first-order valence-corrected chi connectivity index (χ1v) is 6.05. The topological polar surface area (TPSA) is 70.0 Å². The molecule has 0 bridgehead atoms. The number of hydrogen-bond acceptors (Lipinski definition) is 3. The molecule has 0 spiro atoms. The summed E-state index contributed by atoms with van der Waals surface area (Å²) in [7, 11) is 0. The summed E-state index contributed by atoms with van der Waals surface area (Å²) in [5.74, 6) is -0.240. The Hall–Kier alpha value is -2.93. The number of aldehydes is 1. The molecular formula is C16H12N2O2. The summed E-state index contributed by atoms with van der Waals surface area (Å²) >= 11 is 0. The minimum atomic E-state index is -0.240. The van der Waals surface area contributed by atoms with Gasteiger partial charge in [-0.2, -0.15) is 5.26 Å². The Kier molecular flexibility index (Phi) is 4.25. The van der Waals surface area contributed by atoms with Crippen molar-refractivity contribution in [2.75, 3.05) is 5.32 Å². The number of carbonyl (C=O) groups excluding carboxylic acids is 2. The van der Waals surface area contributed by atoms with Gasteiger partial charge in [0.1, 0.15) is 6.29 Å². The van der Waals surface area contributed by atoms with Gasteiger partial charge in [-0.05, 0) is 29.8 Å². The van der Waals surface area contributed by atoms with Gasteiger partial charge in [0.25, 0.3) is 5.91 Å². The van der Waals surface area contributed by atoms with E-state index in [9.17, 15) is 9.59 Å². The average molecular weight is 264 g/mol. The Labute approximate surface area is 116 Å². The summed E-state index contributed by atoms with van der Waals surface area (Å²) in [5.41, 5.74) is 2.58. The molecule has 0 aliphatic heterocycles. The number of benzene rings is 2. The number of hydrogen-bond donors (Lipinski definition) is 1. The van der Waals surface area contributed by atoms with Gasteiger partial charge in [-0.25, -0.2) is 0 Å². The van der Waals surface area contributed by atoms with E-state index in [4.69, 9.17) is 5.26 Å². The maximum atomic E-state index is 12.0. The van der Waals surface area contributed by atoms with E-state index < -0.39 is 0 Å². The van der Waals surface area contributed by atoms with E-state index in [1.165, 1.54) is 0 Å². The van der Waals surface area contributed by atoms with Gasteiger partial charge >= 0.3 is 0 Å². The highest BCUT2D eigenvalue weighted by atomic mass is 16.1. The van der Waals surface area contributed by atoms with Crippen LogP contribution >= 0.6 is 0 Å². The molecule has 0 atom stereocenters. The van der Waals surface area contributed by atoms with Crippen molar-refractivity contribution in [2.45, 2.75) is 6.42 Å². The Morgan fingerprint density at radius 1 is 1.10 bits per heavy atom. The first-order valence-electron chi connectivity index (χ1n) is 6.05. The summed E-state index contributed by atoms with van der Waals surface area (Å²) in [6, 6.07) is 15.6. The van der Waals surface area contributed by atoms with Gasteiger partial charge in [0, 0.05) is 16.8 Å². The van der Waals surface area contributed by atoms with Crippen LogP contribution < -0.4 is 5.32 Å². The second-order valence-corrected chi connectivity index (χ2v) is 4.23. The number of rotatable bonds is 4. The number of nitrogens with one attached hydrogen (secondary N) is 1. The van der Waals surface area contributed by atoms with E-state index in [0.717, 1.165) is 11.8 Å². The monoisotopic (exact) mass is 264 g/mol. The first kappa shape index (κ1) is 13.5. The fourth-order valence-electron chi connectivity index (χ4n) is 1.71. The molecule has 2 aromatic rings. The van der Waals surface area contributed by atoms with Crippen LogP contribution in [-0.4, -0.2) is 12.2 Å². The molecule has 4 nitrogen and oxygen atoms in total. The third kappa shape index (κ3) is 3.30. The molecule has 0 aromatic heterocycles. The lowest BCUT2D eigenvalue weighted by molar-refractivity contribution is 0.102. The summed E-state index contributed by atoms with van der Waals surface area (Å²) in [4.78, 5) is 22.5. The van der Waals surface area contributed by atoms with Crippen LogP contribution in [0.1, 0.15) is 26.3 Å². The molecule has 0 unspecified atom stereocenters. The van der Waals surface area contributed by atoms with Crippen LogP contribution in [0.3, 0.4) is 0 Å². The number of nitriles is 1. The lowest BCUT2D eigenvalue weighted by Crippen LogP contribution is -2.11. The zero-order chi connectivity index (χ0) is 14.4. The van der Waals surface area contributed by atoms with Crippen molar-refractivity contribution >= 4 is 17.9 Å². The lowest BCUT2D eigenvalue weighted by Gasteiger charge is -2.06. The van der Waals surface area contributed by atoms with Gasteiger partial charge in [-0.1, -0.05) is 24.3 Å². The van der Waals surface area contributed by atoms with E-state index in [0.29, 0.717) is 23.2 Å². The second kappa shape index (κ2) is 6.30. The van der Waals surface area contributed by atoms with E-state index in [1.807, 2.05) is 0 Å². The fourth-order valence-corrected chi connectivity index (χ4v) is 1.71. The minimum Gasteiger partial charge on any atom is -0.322 e. The van der Waals surface area contributed by atoms with Crippen LogP contribution in [0.2, 0.25) is 0 Å². The van der Waals surface area contributed by atoms with E-state index in [-0.39, 0.29) is 5.91 Å². The molecule has 0 saturated carbocycles. The van der Waals surface area contributed by atoms with Crippen LogP contribution in [0.4, 0.5) is 5.69 Å². The second-order valence-electron chi connectivity index (χ2n) is 4.23. The quantitative estimate of drug-likeness (QED) is 0.863. The summed E-state index contributed by atoms with van der Waals surface area (Å²) in [6.07, 6.45) is 1.08. The SMILES string of the molecule is N#CCc1ccc(NC(=O)c2ccc(C=O)cc2)cc1. The summed E-state index contributed by atoms with van der Waals surface area (Å²) in [5, 5.41) is 11.3. The Balaban J connectivity index is 2.06. The van der Waals surface area contributed by atoms with E-state index >= 15 is 0 Å². The van der Waals surface area contributed by atoms with Crippen molar-refractivity contribution < 1.29 is 9.59 Å². The van der Waals surface area contributed by atoms with Crippen LogP contribution in [-0.2, 0) is 6.42 Å². The lowest BCUT2D eigenvalue weighted by atomic mass is 10.1. The maximum absolute atomic E-state index is 12.0. The van der Waals surface area contributed by atoms with Crippen molar-refractivity contribution in [2.24, 2.45) is 0 Å². The van der Waals surface area contributed by atoms with Gasteiger partial charge < -0.3 is 5.32 Å². The molecule has 0 radical (unpaired) electrons. The zero-order valence-electron chi connectivity index (χ0n) is 10.7. The van der Waals surface area contributed by atoms with Crippen LogP contribution in [0.15, 0.2) is 48.5 Å². The van der Waals surface area contributed by atoms with Gasteiger partial charge in [-0.3, -0.25) is 9.59 Å². The zero-order valence-corrected chi connectivity index (χ0v) is 10.7. The highest BCUT2D eigenvalue weighted by Crippen LogP contribution is 2.12. The van der Waals surface area contributed by atoms with Crippen molar-refractivity contribution in [3.63, 3.8) is 0 Å². The predicted octanol–water partition coefficient (Wildman–Crippen LogP) is 2.82. The highest BCUT2D eigenvalue weighted by molar-refractivity contribution is 6.04. The van der Waals surface area contributed by atoms with Crippen molar-refractivity contribution in [3.8, 4) is 6.07 Å². The van der Waals surface area contributed by atoms with Crippen LogP contribution in [0.5, 0.6) is 0 Å². The molecule has 4 heteroatoms. The minimum absolute atomic E-state index is 0.240. The predicted molar refractivity (Wildman–Crippen MR) is 75.5 cm³/mol. The molecular weight excluding hydrogens is 252 g/mol. The first-order chi connectivity index (χ1) is 9.72. The number of amides is 1. The third-order valence-electron chi connectivity index (χ3n) is 2.80. The average Bonchev–Trinajstić information content (AvgIpc) is 2.49. The number of anilines is 1. The molecule has 0 heterocycles. The standard InChI is InChI=1S/C16H12N2O2/c17-10-9-12-3-7-15(8-4-12)18-16(20)14-5-1-13(11-19)2-6-14/h1-8,11H,9H2,(H,18,20). The van der Waals surface area contributed by atoms with Crippen molar-refractivity contribution in [1.82, 2.24) is 0 Å². The maximum Gasteiger partial charge on any atom is 0.255 e. The molecule has 0 aliphatic rings. The molecule has 20 heavy (non-hydrogen) atoms. The number of nitrogens with zero attached hydrogens (tertiary/aromatic N) is 1. The van der Waals surface area contributed by atoms with Gasteiger partial charge in [-0.15, -0.1) is 0 Å². The summed E-state index contributed by atoms with van der Waals surface area (Å²) in [6.45, 7) is 0. The molecule has 0 saturated heterocycles. The van der Waals surface area contributed by atoms with Crippen molar-refractivity contribution in [3.05, 3.63) is 65.2 Å². The van der Waals surface area contributed by atoms with Gasteiger partial charge in [0.2, 0.25) is 0 Å². The molecule has 0 aliphatic carbocycles.